The van der Waals surface area contributed by atoms with Crippen molar-refractivity contribution in [1.82, 2.24) is 20.1 Å². The van der Waals surface area contributed by atoms with Gasteiger partial charge in [-0.3, -0.25) is 9.67 Å². The Labute approximate surface area is 135 Å². The first kappa shape index (κ1) is 16.2. The van der Waals surface area contributed by atoms with E-state index in [1.54, 1.807) is 0 Å². The standard InChI is InChI=1S/C16H23BrN4/c1-4-8-18-16(9-13-7-6-12(17)10-19-13)14-11-21(3)20-15(14)5-2/h6-7,10-11,16,18H,4-5,8-9H2,1-3H3. The number of aromatic nitrogens is 3. The SMILES string of the molecule is CCCNC(Cc1ccc(Br)cn1)c1cn(C)nc1CC. The summed E-state index contributed by atoms with van der Waals surface area (Å²) < 4.78 is 2.92. The molecule has 0 aliphatic heterocycles. The Kier molecular flexibility index (Phi) is 5.94. The second-order valence-corrected chi connectivity index (χ2v) is 6.15. The highest BCUT2D eigenvalue weighted by atomic mass is 79.9. The largest absolute Gasteiger partial charge is 0.309 e. The van der Waals surface area contributed by atoms with Crippen LogP contribution in [0.2, 0.25) is 0 Å². The molecule has 5 heteroatoms. The second kappa shape index (κ2) is 7.71. The zero-order chi connectivity index (χ0) is 15.2. The van der Waals surface area contributed by atoms with Crippen LogP contribution in [0.3, 0.4) is 0 Å². The highest BCUT2D eigenvalue weighted by molar-refractivity contribution is 9.10. The lowest BCUT2D eigenvalue weighted by Crippen LogP contribution is -2.25. The van der Waals surface area contributed by atoms with Crippen LogP contribution in [0.4, 0.5) is 0 Å². The van der Waals surface area contributed by atoms with Crippen LogP contribution >= 0.6 is 15.9 Å². The van der Waals surface area contributed by atoms with Gasteiger partial charge in [0.25, 0.3) is 0 Å². The summed E-state index contributed by atoms with van der Waals surface area (Å²) in [5, 5.41) is 8.19. The molecule has 2 aromatic rings. The van der Waals surface area contributed by atoms with Gasteiger partial charge in [-0.05, 0) is 47.4 Å². The number of hydrogen-bond acceptors (Lipinski definition) is 3. The highest BCUT2D eigenvalue weighted by Gasteiger charge is 2.18. The predicted octanol–water partition coefficient (Wildman–Crippen LogP) is 3.42. The van der Waals surface area contributed by atoms with Crippen LogP contribution in [-0.2, 0) is 19.9 Å². The summed E-state index contributed by atoms with van der Waals surface area (Å²) in [7, 11) is 1.98. The molecule has 2 heterocycles. The Balaban J connectivity index is 2.22. The maximum absolute atomic E-state index is 4.56. The normalized spacial score (nSPS) is 12.6. The van der Waals surface area contributed by atoms with E-state index < -0.39 is 0 Å². The molecule has 2 aromatic heterocycles. The van der Waals surface area contributed by atoms with Gasteiger partial charge in [0.15, 0.2) is 0 Å². The van der Waals surface area contributed by atoms with Gasteiger partial charge in [-0.2, -0.15) is 5.10 Å². The molecular weight excluding hydrogens is 328 g/mol. The van der Waals surface area contributed by atoms with Gasteiger partial charge in [-0.15, -0.1) is 0 Å². The van der Waals surface area contributed by atoms with Gasteiger partial charge in [0.05, 0.1) is 5.69 Å². The Morgan fingerprint density at radius 3 is 2.76 bits per heavy atom. The summed E-state index contributed by atoms with van der Waals surface area (Å²) in [6, 6.07) is 4.39. The first-order valence-corrected chi connectivity index (χ1v) is 8.29. The number of nitrogens with one attached hydrogen (secondary N) is 1. The Morgan fingerprint density at radius 2 is 2.14 bits per heavy atom. The van der Waals surface area contributed by atoms with Crippen LogP contribution in [0.25, 0.3) is 0 Å². The van der Waals surface area contributed by atoms with E-state index in [2.05, 4.69) is 57.4 Å². The smallest absolute Gasteiger partial charge is 0.0669 e. The van der Waals surface area contributed by atoms with Crippen LogP contribution < -0.4 is 5.32 Å². The maximum atomic E-state index is 4.56. The van der Waals surface area contributed by atoms with E-state index in [1.807, 2.05) is 24.0 Å². The molecular formula is C16H23BrN4. The summed E-state index contributed by atoms with van der Waals surface area (Å²) >= 11 is 3.43. The van der Waals surface area contributed by atoms with Crippen molar-refractivity contribution in [2.45, 2.75) is 39.2 Å². The van der Waals surface area contributed by atoms with E-state index in [1.165, 1.54) is 11.3 Å². The molecule has 0 saturated carbocycles. The summed E-state index contributed by atoms with van der Waals surface area (Å²) in [6.45, 7) is 5.34. The lowest BCUT2D eigenvalue weighted by Gasteiger charge is -2.18. The molecule has 0 aliphatic rings. The first-order valence-electron chi connectivity index (χ1n) is 7.50. The molecule has 0 radical (unpaired) electrons. The lowest BCUT2D eigenvalue weighted by molar-refractivity contribution is 0.521. The molecule has 0 amide bonds. The number of nitrogens with zero attached hydrogens (tertiary/aromatic N) is 3. The van der Waals surface area contributed by atoms with E-state index in [9.17, 15) is 0 Å². The molecule has 0 aliphatic carbocycles. The van der Waals surface area contributed by atoms with Crippen LogP contribution in [-0.4, -0.2) is 21.3 Å². The topological polar surface area (TPSA) is 42.7 Å². The molecule has 4 nitrogen and oxygen atoms in total. The molecule has 114 valence electrons. The van der Waals surface area contributed by atoms with Crippen molar-refractivity contribution in [2.24, 2.45) is 7.05 Å². The molecule has 0 spiro atoms. The summed E-state index contributed by atoms with van der Waals surface area (Å²) in [4.78, 5) is 4.50. The number of aryl methyl sites for hydroxylation is 2. The molecule has 1 atom stereocenters. The number of hydrogen-bond donors (Lipinski definition) is 1. The number of halogens is 1. The van der Waals surface area contributed by atoms with E-state index in [0.717, 1.165) is 36.0 Å². The second-order valence-electron chi connectivity index (χ2n) is 5.24. The maximum Gasteiger partial charge on any atom is 0.0669 e. The lowest BCUT2D eigenvalue weighted by atomic mass is 10.0. The third-order valence-electron chi connectivity index (χ3n) is 3.49. The van der Waals surface area contributed by atoms with Crippen molar-refractivity contribution in [3.8, 4) is 0 Å². The molecule has 0 fully saturated rings. The minimum Gasteiger partial charge on any atom is -0.309 e. The molecule has 0 saturated heterocycles. The van der Waals surface area contributed by atoms with Crippen molar-refractivity contribution >= 4 is 15.9 Å². The van der Waals surface area contributed by atoms with Crippen molar-refractivity contribution in [3.63, 3.8) is 0 Å². The van der Waals surface area contributed by atoms with Crippen molar-refractivity contribution in [3.05, 3.63) is 46.0 Å². The van der Waals surface area contributed by atoms with Gasteiger partial charge in [0.2, 0.25) is 0 Å². The first-order chi connectivity index (χ1) is 10.1. The monoisotopic (exact) mass is 350 g/mol. The molecule has 0 bridgehead atoms. The van der Waals surface area contributed by atoms with Gasteiger partial charge in [-0.25, -0.2) is 0 Å². The van der Waals surface area contributed by atoms with Crippen LogP contribution in [0.1, 0.15) is 43.3 Å². The molecule has 21 heavy (non-hydrogen) atoms. The van der Waals surface area contributed by atoms with Crippen molar-refractivity contribution < 1.29 is 0 Å². The van der Waals surface area contributed by atoms with Crippen molar-refractivity contribution in [2.75, 3.05) is 6.54 Å². The van der Waals surface area contributed by atoms with Crippen molar-refractivity contribution in [1.29, 1.82) is 0 Å². The summed E-state index contributed by atoms with van der Waals surface area (Å²) in [5.41, 5.74) is 3.55. The minimum atomic E-state index is 0.266. The van der Waals surface area contributed by atoms with Gasteiger partial charge < -0.3 is 5.32 Å². The van der Waals surface area contributed by atoms with Gasteiger partial charge in [0.1, 0.15) is 0 Å². The van der Waals surface area contributed by atoms with Crippen LogP contribution in [0.5, 0.6) is 0 Å². The number of rotatable bonds is 7. The third-order valence-corrected chi connectivity index (χ3v) is 3.96. The fourth-order valence-corrected chi connectivity index (χ4v) is 2.70. The summed E-state index contributed by atoms with van der Waals surface area (Å²) in [6.07, 6.45) is 6.94. The molecule has 1 N–H and O–H groups in total. The Hall–Kier alpha value is -1.20. The predicted molar refractivity (Wildman–Crippen MR) is 89.3 cm³/mol. The van der Waals surface area contributed by atoms with Gasteiger partial charge in [0, 0.05) is 47.6 Å². The average molecular weight is 351 g/mol. The molecule has 2 rings (SSSR count). The number of pyridine rings is 1. The quantitative estimate of drug-likeness (QED) is 0.831. The average Bonchev–Trinajstić information content (AvgIpc) is 2.86. The molecule has 1 unspecified atom stereocenters. The summed E-state index contributed by atoms with van der Waals surface area (Å²) in [5.74, 6) is 0. The van der Waals surface area contributed by atoms with E-state index in [-0.39, 0.29) is 6.04 Å². The van der Waals surface area contributed by atoms with Crippen LogP contribution in [0, 0.1) is 0 Å². The fourth-order valence-electron chi connectivity index (χ4n) is 2.47. The Morgan fingerprint density at radius 1 is 1.33 bits per heavy atom. The third kappa shape index (κ3) is 4.38. The zero-order valence-electron chi connectivity index (χ0n) is 12.9. The van der Waals surface area contributed by atoms with Gasteiger partial charge >= 0.3 is 0 Å². The van der Waals surface area contributed by atoms with Gasteiger partial charge in [-0.1, -0.05) is 13.8 Å². The minimum absolute atomic E-state index is 0.266. The van der Waals surface area contributed by atoms with Crippen LogP contribution in [0.15, 0.2) is 29.0 Å². The fraction of sp³-hybridized carbons (Fsp3) is 0.500. The Bertz CT molecular complexity index is 562. The van der Waals surface area contributed by atoms with E-state index in [4.69, 9.17) is 0 Å². The zero-order valence-corrected chi connectivity index (χ0v) is 14.5. The van der Waals surface area contributed by atoms with E-state index >= 15 is 0 Å². The molecule has 0 aromatic carbocycles. The highest BCUT2D eigenvalue weighted by Crippen LogP contribution is 2.22. The van der Waals surface area contributed by atoms with E-state index in [0.29, 0.717) is 0 Å².